The molecule has 1 heterocycles. The van der Waals surface area contributed by atoms with E-state index in [0.29, 0.717) is 12.8 Å². The van der Waals surface area contributed by atoms with Crippen molar-refractivity contribution in [3.05, 3.63) is 30.3 Å². The van der Waals surface area contributed by atoms with Gasteiger partial charge in [-0.25, -0.2) is 13.2 Å². The number of carbonyl (C=O) groups is 5. The second-order valence-corrected chi connectivity index (χ2v) is 18.0. The van der Waals surface area contributed by atoms with Crippen molar-refractivity contribution in [3.63, 3.8) is 0 Å². The van der Waals surface area contributed by atoms with Crippen LogP contribution in [-0.2, 0) is 29.0 Å². The molecular weight excluding hydrogens is 659 g/mol. The van der Waals surface area contributed by atoms with Gasteiger partial charge in [0, 0.05) is 12.6 Å². The molecule has 50 heavy (non-hydrogen) atoms. The van der Waals surface area contributed by atoms with E-state index in [-0.39, 0.29) is 52.2 Å². The molecule has 4 rings (SSSR count). The predicted octanol–water partition coefficient (Wildman–Crippen LogP) is 3.73. The third kappa shape index (κ3) is 9.85. The van der Waals surface area contributed by atoms with Crippen LogP contribution in [0.25, 0.3) is 0 Å². The molecule has 278 valence electrons. The summed E-state index contributed by atoms with van der Waals surface area (Å²) in [6, 6.07) is 3.78. The molecule has 1 saturated heterocycles. The minimum atomic E-state index is -3.71. The highest BCUT2D eigenvalue weighted by atomic mass is 32.2. The molecule has 1 aromatic carbocycles. The number of Topliss-reactive ketones (excluding diaryl/α,β-unsaturated/α-hetero) is 1. The van der Waals surface area contributed by atoms with Crippen LogP contribution in [0.5, 0.6) is 0 Å². The molecule has 12 nitrogen and oxygen atoms in total. The van der Waals surface area contributed by atoms with Gasteiger partial charge in [-0.2, -0.15) is 0 Å². The highest BCUT2D eigenvalue weighted by Crippen LogP contribution is 2.40. The lowest BCUT2D eigenvalue weighted by Gasteiger charge is -2.38. The Hall–Kier alpha value is -3.48. The van der Waals surface area contributed by atoms with Gasteiger partial charge in [0.2, 0.25) is 17.6 Å². The van der Waals surface area contributed by atoms with Gasteiger partial charge in [0.15, 0.2) is 9.84 Å². The van der Waals surface area contributed by atoms with E-state index in [4.69, 9.17) is 5.73 Å². The van der Waals surface area contributed by atoms with Crippen LogP contribution in [0, 0.1) is 29.1 Å². The van der Waals surface area contributed by atoms with Gasteiger partial charge in [0.25, 0.3) is 5.91 Å². The SMILES string of the molecule is CC(C)[C@@H](CS(=O)(=O)c1ccccc1)NC(=O)N[C@H](C(=O)N1CCC(C(C)(C)C)[C@H]1C(=O)NC(CC1CCC1)C(=O)C(N)=O)C1CCCCC1. The van der Waals surface area contributed by atoms with Gasteiger partial charge in [-0.3, -0.25) is 19.2 Å². The quantitative estimate of drug-likeness (QED) is 0.212. The standard InChI is InChI=1S/C37H57N5O7S/c1-23(2)29(22-50(48,49)26-17-10-7-11-18-26)40-36(47)41-30(25-15-8-6-9-16-25)35(46)42-20-19-27(37(3,4)5)31(42)34(45)39-28(32(43)33(38)44)21-24-13-12-14-24/h7,10-11,17-18,23-25,27-31H,6,8-9,12-16,19-22H2,1-5H3,(H2,38,44)(H,39,45)(H2,40,41,47)/t27?,28?,29-,30+,31+/m1/s1. The summed E-state index contributed by atoms with van der Waals surface area (Å²) in [5.74, 6) is -3.59. The molecule has 3 aliphatic rings. The van der Waals surface area contributed by atoms with E-state index in [9.17, 15) is 32.4 Å². The number of ketones is 1. The van der Waals surface area contributed by atoms with E-state index < -0.39 is 57.6 Å². The lowest BCUT2D eigenvalue weighted by Crippen LogP contribution is -2.61. The Morgan fingerprint density at radius 3 is 2.06 bits per heavy atom. The molecule has 1 aliphatic heterocycles. The zero-order valence-corrected chi connectivity index (χ0v) is 31.1. The number of nitrogens with one attached hydrogen (secondary N) is 3. The molecule has 3 fully saturated rings. The number of nitrogens with zero attached hydrogens (tertiary/aromatic N) is 1. The zero-order valence-electron chi connectivity index (χ0n) is 30.3. The molecular formula is C37H57N5O7S. The lowest BCUT2D eigenvalue weighted by molar-refractivity contribution is -0.144. The summed E-state index contributed by atoms with van der Waals surface area (Å²) in [5, 5.41) is 8.58. The predicted molar refractivity (Wildman–Crippen MR) is 190 cm³/mol. The number of nitrogens with two attached hydrogens (primary N) is 1. The number of urea groups is 1. The normalized spacial score (nSPS) is 22.2. The van der Waals surface area contributed by atoms with Crippen LogP contribution < -0.4 is 21.7 Å². The van der Waals surface area contributed by atoms with Crippen molar-refractivity contribution in [1.29, 1.82) is 0 Å². The number of hydrogen-bond acceptors (Lipinski definition) is 7. The fourth-order valence-electron chi connectivity index (χ4n) is 7.73. The molecule has 2 unspecified atom stereocenters. The minimum Gasteiger partial charge on any atom is -0.363 e. The molecule has 13 heteroatoms. The van der Waals surface area contributed by atoms with E-state index in [0.717, 1.165) is 51.4 Å². The van der Waals surface area contributed by atoms with E-state index in [1.165, 1.54) is 12.1 Å². The van der Waals surface area contributed by atoms with Crippen LogP contribution >= 0.6 is 0 Å². The number of likely N-dealkylation sites (tertiary alicyclic amines) is 1. The summed E-state index contributed by atoms with van der Waals surface area (Å²) < 4.78 is 26.4. The van der Waals surface area contributed by atoms with Crippen molar-refractivity contribution in [2.24, 2.45) is 34.8 Å². The van der Waals surface area contributed by atoms with E-state index in [1.54, 1.807) is 23.1 Å². The molecule has 0 aromatic heterocycles. The molecule has 1 aromatic rings. The van der Waals surface area contributed by atoms with Crippen LogP contribution in [0.2, 0.25) is 0 Å². The van der Waals surface area contributed by atoms with Crippen molar-refractivity contribution in [2.75, 3.05) is 12.3 Å². The molecule has 2 aliphatic carbocycles. The molecule has 0 bridgehead atoms. The van der Waals surface area contributed by atoms with Gasteiger partial charge in [-0.15, -0.1) is 0 Å². The van der Waals surface area contributed by atoms with E-state index in [2.05, 4.69) is 16.0 Å². The first-order valence-electron chi connectivity index (χ1n) is 18.3. The molecule has 2 saturated carbocycles. The molecule has 0 radical (unpaired) electrons. The van der Waals surface area contributed by atoms with Gasteiger partial charge < -0.3 is 26.6 Å². The van der Waals surface area contributed by atoms with Gasteiger partial charge in [-0.05, 0) is 66.9 Å². The fourth-order valence-corrected chi connectivity index (χ4v) is 9.44. The number of amides is 5. The first kappa shape index (κ1) is 39.3. The average Bonchev–Trinajstić information content (AvgIpc) is 3.51. The van der Waals surface area contributed by atoms with Crippen LogP contribution in [-0.4, -0.2) is 79.3 Å². The Morgan fingerprint density at radius 1 is 0.880 bits per heavy atom. The zero-order chi connectivity index (χ0) is 36.8. The first-order valence-corrected chi connectivity index (χ1v) is 19.9. The Kier molecular flexibility index (Phi) is 13.1. The van der Waals surface area contributed by atoms with Crippen molar-refractivity contribution in [2.45, 2.75) is 128 Å². The number of benzene rings is 1. The number of rotatable bonds is 14. The van der Waals surface area contributed by atoms with Gasteiger partial charge in [0.05, 0.1) is 16.7 Å². The van der Waals surface area contributed by atoms with Crippen molar-refractivity contribution < 1.29 is 32.4 Å². The lowest BCUT2D eigenvalue weighted by atomic mass is 9.75. The van der Waals surface area contributed by atoms with Gasteiger partial charge >= 0.3 is 6.03 Å². The molecule has 5 amide bonds. The van der Waals surface area contributed by atoms with Gasteiger partial charge in [0.1, 0.15) is 12.1 Å². The summed E-state index contributed by atoms with van der Waals surface area (Å²) in [4.78, 5) is 69.0. The van der Waals surface area contributed by atoms with Crippen LogP contribution in [0.15, 0.2) is 35.2 Å². The van der Waals surface area contributed by atoms with Crippen LogP contribution in [0.3, 0.4) is 0 Å². The number of sulfone groups is 1. The van der Waals surface area contributed by atoms with E-state index in [1.807, 2.05) is 34.6 Å². The smallest absolute Gasteiger partial charge is 0.315 e. The molecule has 5 N–H and O–H groups in total. The largest absolute Gasteiger partial charge is 0.363 e. The second kappa shape index (κ2) is 16.7. The van der Waals surface area contributed by atoms with Crippen molar-refractivity contribution in [3.8, 4) is 0 Å². The summed E-state index contributed by atoms with van der Waals surface area (Å²) in [6.07, 6.45) is 7.95. The van der Waals surface area contributed by atoms with Crippen molar-refractivity contribution >= 4 is 39.4 Å². The Morgan fingerprint density at radius 2 is 1.52 bits per heavy atom. The topological polar surface area (TPSA) is 185 Å². The van der Waals surface area contributed by atoms with Gasteiger partial charge in [-0.1, -0.05) is 91.3 Å². The third-order valence-electron chi connectivity index (χ3n) is 11.0. The Balaban J connectivity index is 1.57. The summed E-state index contributed by atoms with van der Waals surface area (Å²) in [5.41, 5.74) is 4.99. The average molecular weight is 716 g/mol. The van der Waals surface area contributed by atoms with E-state index >= 15 is 0 Å². The highest BCUT2D eigenvalue weighted by Gasteiger charge is 2.50. The molecule has 0 spiro atoms. The summed E-state index contributed by atoms with van der Waals surface area (Å²) in [6.45, 7) is 9.96. The highest BCUT2D eigenvalue weighted by molar-refractivity contribution is 7.91. The third-order valence-corrected chi connectivity index (χ3v) is 12.8. The van der Waals surface area contributed by atoms with Crippen LogP contribution in [0.1, 0.15) is 98.8 Å². The number of carbonyl (C=O) groups excluding carboxylic acids is 5. The maximum Gasteiger partial charge on any atom is 0.315 e. The second-order valence-electron chi connectivity index (χ2n) is 16.0. The minimum absolute atomic E-state index is 0.169. The van der Waals surface area contributed by atoms with Crippen molar-refractivity contribution in [1.82, 2.24) is 20.9 Å². The number of primary amides is 1. The first-order chi connectivity index (χ1) is 23.5. The van der Waals surface area contributed by atoms with Crippen LogP contribution in [0.4, 0.5) is 4.79 Å². The molecule has 5 atom stereocenters. The number of hydrogen-bond donors (Lipinski definition) is 4. The summed E-state index contributed by atoms with van der Waals surface area (Å²) >= 11 is 0. The summed E-state index contributed by atoms with van der Waals surface area (Å²) in [7, 11) is -3.71. The Bertz CT molecular complexity index is 1480. The maximum absolute atomic E-state index is 14.6. The maximum atomic E-state index is 14.6. The Labute approximate surface area is 297 Å². The fraction of sp³-hybridized carbons (Fsp3) is 0.703. The monoisotopic (exact) mass is 715 g/mol.